The first-order valence-electron chi connectivity index (χ1n) is 8.16. The second-order valence-electron chi connectivity index (χ2n) is 6.95. The number of hydrogen-bond acceptors (Lipinski definition) is 2. The maximum atomic E-state index is 12.7. The monoisotopic (exact) mass is 299 g/mol. The summed E-state index contributed by atoms with van der Waals surface area (Å²) in [5, 5.41) is 0. The number of rotatable bonds is 2. The van der Waals surface area contributed by atoms with E-state index in [-0.39, 0.29) is 5.91 Å². The van der Waals surface area contributed by atoms with Crippen LogP contribution in [0.15, 0.2) is 18.3 Å². The zero-order valence-electron chi connectivity index (χ0n) is 14.0. The van der Waals surface area contributed by atoms with Crippen LogP contribution in [0.1, 0.15) is 37.2 Å². The van der Waals surface area contributed by atoms with Crippen molar-refractivity contribution in [3.05, 3.63) is 35.3 Å². The second kappa shape index (κ2) is 5.75. The van der Waals surface area contributed by atoms with Gasteiger partial charge >= 0.3 is 0 Å². The number of hydrogen-bond donors (Lipinski definition) is 0. The van der Waals surface area contributed by atoms with Crippen molar-refractivity contribution in [2.24, 2.45) is 11.8 Å². The van der Waals surface area contributed by atoms with Crippen LogP contribution in [0.25, 0.3) is 5.65 Å². The van der Waals surface area contributed by atoms with Crippen LogP contribution in [0.5, 0.6) is 0 Å². The fourth-order valence-corrected chi connectivity index (χ4v) is 3.70. The van der Waals surface area contributed by atoms with Crippen molar-refractivity contribution in [3.63, 3.8) is 0 Å². The molecule has 0 aromatic carbocycles. The van der Waals surface area contributed by atoms with E-state index in [9.17, 15) is 4.79 Å². The van der Waals surface area contributed by atoms with Gasteiger partial charge in [0.05, 0.1) is 17.8 Å². The van der Waals surface area contributed by atoms with Crippen LogP contribution in [0.3, 0.4) is 0 Å². The number of likely N-dealkylation sites (tertiary alicyclic amines) is 1. The lowest BCUT2D eigenvalue weighted by molar-refractivity contribution is -0.133. The number of pyridine rings is 1. The first-order chi connectivity index (χ1) is 10.5. The highest BCUT2D eigenvalue weighted by Gasteiger charge is 2.26. The Kier molecular flexibility index (Phi) is 3.94. The summed E-state index contributed by atoms with van der Waals surface area (Å²) in [4.78, 5) is 19.4. The number of imidazole rings is 1. The maximum absolute atomic E-state index is 12.7. The number of aromatic nitrogens is 2. The van der Waals surface area contributed by atoms with Gasteiger partial charge < -0.3 is 9.30 Å². The lowest BCUT2D eigenvalue weighted by atomic mass is 9.91. The van der Waals surface area contributed by atoms with Crippen LogP contribution < -0.4 is 0 Å². The van der Waals surface area contributed by atoms with Crippen LogP contribution in [0.4, 0.5) is 0 Å². The number of nitrogens with zero attached hydrogens (tertiary/aromatic N) is 3. The molecular formula is C18H25N3O. The zero-order valence-corrected chi connectivity index (χ0v) is 14.0. The molecule has 0 bridgehead atoms. The normalized spacial score (nSPS) is 22.3. The van der Waals surface area contributed by atoms with Gasteiger partial charge in [-0.3, -0.25) is 4.79 Å². The van der Waals surface area contributed by atoms with E-state index >= 15 is 0 Å². The summed E-state index contributed by atoms with van der Waals surface area (Å²) in [5.41, 5.74) is 4.09. The third kappa shape index (κ3) is 2.74. The van der Waals surface area contributed by atoms with Crippen LogP contribution in [0.2, 0.25) is 0 Å². The van der Waals surface area contributed by atoms with Gasteiger partial charge in [-0.15, -0.1) is 0 Å². The Hall–Kier alpha value is -1.84. The highest BCUT2D eigenvalue weighted by molar-refractivity contribution is 5.79. The predicted molar refractivity (Wildman–Crippen MR) is 87.9 cm³/mol. The molecule has 1 saturated heterocycles. The zero-order chi connectivity index (χ0) is 15.9. The molecule has 1 aliphatic rings. The second-order valence-corrected chi connectivity index (χ2v) is 6.95. The van der Waals surface area contributed by atoms with Gasteiger partial charge in [0.1, 0.15) is 5.65 Å². The number of aryl methyl sites for hydroxylation is 2. The molecule has 2 aromatic heterocycles. The molecule has 118 valence electrons. The SMILES string of the molecule is Cc1nc2c(C)cccn2c1CC(=O)N1CC(C)CC(C)C1. The molecule has 2 aromatic rings. The molecule has 0 saturated carbocycles. The number of carbonyl (C=O) groups excluding carboxylic acids is 1. The summed E-state index contributed by atoms with van der Waals surface area (Å²) in [5.74, 6) is 1.42. The number of amides is 1. The number of carbonyl (C=O) groups is 1. The van der Waals surface area contributed by atoms with Gasteiger partial charge in [-0.05, 0) is 43.7 Å². The highest BCUT2D eigenvalue weighted by atomic mass is 16.2. The van der Waals surface area contributed by atoms with Crippen molar-refractivity contribution < 1.29 is 4.79 Å². The minimum Gasteiger partial charge on any atom is -0.342 e. The van der Waals surface area contributed by atoms with Gasteiger partial charge in [0.25, 0.3) is 0 Å². The summed E-state index contributed by atoms with van der Waals surface area (Å²) in [6, 6.07) is 4.07. The number of fused-ring (bicyclic) bond motifs is 1. The van der Waals surface area contributed by atoms with Crippen molar-refractivity contribution in [2.45, 2.75) is 40.5 Å². The van der Waals surface area contributed by atoms with Crippen molar-refractivity contribution in [2.75, 3.05) is 13.1 Å². The van der Waals surface area contributed by atoms with Gasteiger partial charge in [-0.2, -0.15) is 0 Å². The van der Waals surface area contributed by atoms with Crippen LogP contribution in [-0.4, -0.2) is 33.3 Å². The summed E-state index contributed by atoms with van der Waals surface area (Å²) in [6.07, 6.45) is 3.67. The van der Waals surface area contributed by atoms with Crippen molar-refractivity contribution in [3.8, 4) is 0 Å². The van der Waals surface area contributed by atoms with E-state index in [4.69, 9.17) is 0 Å². The van der Waals surface area contributed by atoms with Crippen LogP contribution in [-0.2, 0) is 11.2 Å². The molecule has 1 amide bonds. The maximum Gasteiger partial charge on any atom is 0.228 e. The highest BCUT2D eigenvalue weighted by Crippen LogP contribution is 2.22. The van der Waals surface area contributed by atoms with E-state index in [1.54, 1.807) is 0 Å². The van der Waals surface area contributed by atoms with E-state index in [1.807, 2.05) is 24.1 Å². The molecule has 1 fully saturated rings. The minimum absolute atomic E-state index is 0.227. The minimum atomic E-state index is 0.227. The first-order valence-corrected chi connectivity index (χ1v) is 8.16. The summed E-state index contributed by atoms with van der Waals surface area (Å²) < 4.78 is 2.07. The van der Waals surface area contributed by atoms with Gasteiger partial charge in [0.2, 0.25) is 5.91 Å². The molecular weight excluding hydrogens is 274 g/mol. The average Bonchev–Trinajstić information content (AvgIpc) is 2.76. The third-order valence-corrected chi connectivity index (χ3v) is 4.68. The van der Waals surface area contributed by atoms with E-state index in [0.29, 0.717) is 18.3 Å². The Bertz CT molecular complexity index is 694. The largest absolute Gasteiger partial charge is 0.342 e. The first kappa shape index (κ1) is 15.1. The Morgan fingerprint density at radius 3 is 2.64 bits per heavy atom. The molecule has 2 unspecified atom stereocenters. The van der Waals surface area contributed by atoms with Crippen LogP contribution in [0, 0.1) is 25.7 Å². The molecule has 4 nitrogen and oxygen atoms in total. The topological polar surface area (TPSA) is 37.6 Å². The molecule has 22 heavy (non-hydrogen) atoms. The van der Waals surface area contributed by atoms with Gasteiger partial charge in [-0.25, -0.2) is 4.98 Å². The Balaban J connectivity index is 1.85. The molecule has 4 heteroatoms. The quantitative estimate of drug-likeness (QED) is 0.855. The predicted octanol–water partition coefficient (Wildman–Crippen LogP) is 3.00. The summed E-state index contributed by atoms with van der Waals surface area (Å²) in [7, 11) is 0. The lowest BCUT2D eigenvalue weighted by Crippen LogP contribution is -2.43. The molecule has 2 atom stereocenters. The molecule has 0 aliphatic carbocycles. The summed E-state index contributed by atoms with van der Waals surface area (Å²) in [6.45, 7) is 10.3. The Labute approximate surface area is 132 Å². The van der Waals surface area contributed by atoms with Gasteiger partial charge in [-0.1, -0.05) is 19.9 Å². The van der Waals surface area contributed by atoms with Crippen molar-refractivity contribution in [1.29, 1.82) is 0 Å². The molecule has 3 heterocycles. The van der Waals surface area contributed by atoms with E-state index in [2.05, 4.69) is 36.2 Å². The third-order valence-electron chi connectivity index (χ3n) is 4.68. The fourth-order valence-electron chi connectivity index (χ4n) is 3.70. The van der Waals surface area contributed by atoms with Crippen molar-refractivity contribution in [1.82, 2.24) is 14.3 Å². The smallest absolute Gasteiger partial charge is 0.228 e. The Morgan fingerprint density at radius 2 is 1.95 bits per heavy atom. The Morgan fingerprint density at radius 1 is 1.27 bits per heavy atom. The van der Waals surface area contributed by atoms with E-state index in [1.165, 1.54) is 6.42 Å². The van der Waals surface area contributed by atoms with Gasteiger partial charge in [0.15, 0.2) is 0 Å². The molecule has 0 spiro atoms. The molecule has 0 N–H and O–H groups in total. The lowest BCUT2D eigenvalue weighted by Gasteiger charge is -2.35. The summed E-state index contributed by atoms with van der Waals surface area (Å²) >= 11 is 0. The number of piperidine rings is 1. The molecule has 3 rings (SSSR count). The van der Waals surface area contributed by atoms with Crippen LogP contribution >= 0.6 is 0 Å². The van der Waals surface area contributed by atoms with Crippen molar-refractivity contribution >= 4 is 11.6 Å². The average molecular weight is 299 g/mol. The fraction of sp³-hybridized carbons (Fsp3) is 0.556. The van der Waals surface area contributed by atoms with Gasteiger partial charge in [0, 0.05) is 19.3 Å². The van der Waals surface area contributed by atoms with E-state index < -0.39 is 0 Å². The molecule has 1 aliphatic heterocycles. The van der Waals surface area contributed by atoms with E-state index in [0.717, 1.165) is 35.7 Å². The standard InChI is InChI=1S/C18H25N3O/c1-12-8-13(2)11-20(10-12)17(22)9-16-15(4)19-18-14(3)6-5-7-21(16)18/h5-7,12-13H,8-11H2,1-4H3. The molecule has 0 radical (unpaired) electrons.